The van der Waals surface area contributed by atoms with Crippen LogP contribution in [0.4, 0.5) is 0 Å². The lowest BCUT2D eigenvalue weighted by Gasteiger charge is -2.14. The van der Waals surface area contributed by atoms with Crippen LogP contribution in [-0.2, 0) is 16.2 Å². The number of thiocarbonyl (C=S) groups is 1. The van der Waals surface area contributed by atoms with Gasteiger partial charge in [0.25, 0.3) is 5.91 Å². The number of methoxy groups -OCH3 is 1. The molecule has 2 aromatic rings. The van der Waals surface area contributed by atoms with Crippen molar-refractivity contribution in [3.63, 3.8) is 0 Å². The number of carboxylic acid groups (broad SMARTS) is 1. The number of aliphatic carboxylic acids is 1. The Kier molecular flexibility index (Phi) is 7.99. The molecule has 0 radical (unpaired) electrons. The Bertz CT molecular complexity index is 1060. The van der Waals surface area contributed by atoms with Crippen LogP contribution in [0.1, 0.15) is 17.5 Å². The zero-order valence-electron chi connectivity index (χ0n) is 16.3. The first kappa shape index (κ1) is 23.6. The van der Waals surface area contributed by atoms with Gasteiger partial charge in [0, 0.05) is 11.6 Å². The number of hydrogen-bond donors (Lipinski definition) is 1. The molecule has 6 nitrogen and oxygen atoms in total. The van der Waals surface area contributed by atoms with E-state index in [1.54, 1.807) is 24.3 Å². The second kappa shape index (κ2) is 10.5. The van der Waals surface area contributed by atoms with Crippen LogP contribution in [0.5, 0.6) is 11.5 Å². The molecule has 1 N–H and O–H groups in total. The summed E-state index contributed by atoms with van der Waals surface area (Å²) in [4.78, 5) is 25.1. The van der Waals surface area contributed by atoms with E-state index in [4.69, 9.17) is 38.4 Å². The number of amides is 1. The van der Waals surface area contributed by atoms with Gasteiger partial charge < -0.3 is 14.6 Å². The van der Waals surface area contributed by atoms with Crippen molar-refractivity contribution in [3.05, 3.63) is 61.9 Å². The van der Waals surface area contributed by atoms with E-state index in [-0.39, 0.29) is 18.9 Å². The molecule has 0 spiro atoms. The summed E-state index contributed by atoms with van der Waals surface area (Å²) in [5, 5.41) is 9.50. The highest BCUT2D eigenvalue weighted by Gasteiger charge is 2.32. The first-order valence-corrected chi connectivity index (χ1v) is 11.4. The molecule has 0 aliphatic carbocycles. The van der Waals surface area contributed by atoms with Gasteiger partial charge in [0.2, 0.25) is 0 Å². The molecule has 1 saturated heterocycles. The molecule has 2 aromatic carbocycles. The Hall–Kier alpha value is -2.07. The van der Waals surface area contributed by atoms with E-state index in [0.717, 1.165) is 17.3 Å². The summed E-state index contributed by atoms with van der Waals surface area (Å²) in [6, 6.07) is 10.9. The number of benzene rings is 2. The van der Waals surface area contributed by atoms with E-state index in [1.165, 1.54) is 12.0 Å². The van der Waals surface area contributed by atoms with E-state index >= 15 is 0 Å². The normalized spacial score (nSPS) is 14.9. The van der Waals surface area contributed by atoms with Crippen LogP contribution in [-0.4, -0.2) is 39.9 Å². The number of carbonyl (C=O) groups excluding carboxylic acids is 1. The average molecular weight is 543 g/mol. The zero-order chi connectivity index (χ0) is 22.5. The molecule has 1 fully saturated rings. The molecule has 0 atom stereocenters. The van der Waals surface area contributed by atoms with Crippen molar-refractivity contribution in [1.82, 2.24) is 4.90 Å². The van der Waals surface area contributed by atoms with Crippen molar-refractivity contribution in [1.29, 1.82) is 0 Å². The molecule has 0 aromatic heterocycles. The van der Waals surface area contributed by atoms with Crippen LogP contribution in [0.3, 0.4) is 0 Å². The van der Waals surface area contributed by atoms with Gasteiger partial charge in [0.15, 0.2) is 11.5 Å². The predicted molar refractivity (Wildman–Crippen MR) is 129 cm³/mol. The third-order valence-corrected chi connectivity index (χ3v) is 6.49. The summed E-state index contributed by atoms with van der Waals surface area (Å²) < 4.78 is 12.4. The quantitative estimate of drug-likeness (QED) is 0.355. The lowest BCUT2D eigenvalue weighted by Crippen LogP contribution is -2.30. The number of thioether (sulfide) groups is 1. The molecule has 1 aliphatic heterocycles. The topological polar surface area (TPSA) is 76.1 Å². The minimum absolute atomic E-state index is 0.0435. The van der Waals surface area contributed by atoms with Crippen LogP contribution in [0, 0.1) is 0 Å². The first-order valence-electron chi connectivity index (χ1n) is 9.00. The number of ether oxygens (including phenoxy) is 2. The fourth-order valence-electron chi connectivity index (χ4n) is 2.75. The Labute approximate surface area is 202 Å². The maximum absolute atomic E-state index is 12.6. The third kappa shape index (κ3) is 6.00. The fourth-order valence-corrected chi connectivity index (χ4v) is 4.76. The summed E-state index contributed by atoms with van der Waals surface area (Å²) in [5.74, 6) is -0.269. The Balaban J connectivity index is 1.79. The first-order chi connectivity index (χ1) is 14.8. The molecule has 0 unspecified atom stereocenters. The molecule has 31 heavy (non-hydrogen) atoms. The number of carbonyl (C=O) groups is 2. The summed E-state index contributed by atoms with van der Waals surface area (Å²) in [5.41, 5.74) is 1.66. The molecular weight excluding hydrogens is 526 g/mol. The van der Waals surface area contributed by atoms with Crippen LogP contribution in [0.15, 0.2) is 45.8 Å². The SMILES string of the molecule is COc1cc(/C=C2/SC(=S)N(CCC(=O)O)C2=O)cc(Br)c1OCc1ccc(Cl)cc1. The maximum Gasteiger partial charge on any atom is 0.305 e. The molecule has 0 bridgehead atoms. The van der Waals surface area contributed by atoms with Gasteiger partial charge in [0.05, 0.1) is 22.9 Å². The fraction of sp³-hybridized carbons (Fsp3) is 0.190. The predicted octanol–water partition coefficient (Wildman–Crippen LogP) is 5.37. The van der Waals surface area contributed by atoms with Crippen LogP contribution >= 0.6 is 51.5 Å². The second-order valence-corrected chi connectivity index (χ2v) is 9.39. The summed E-state index contributed by atoms with van der Waals surface area (Å²) in [7, 11) is 1.53. The van der Waals surface area contributed by atoms with E-state index < -0.39 is 5.97 Å². The highest BCUT2D eigenvalue weighted by atomic mass is 79.9. The highest BCUT2D eigenvalue weighted by molar-refractivity contribution is 9.10. The number of hydrogen-bond acceptors (Lipinski definition) is 6. The van der Waals surface area contributed by atoms with Gasteiger partial charge in [-0.25, -0.2) is 0 Å². The van der Waals surface area contributed by atoms with Crippen molar-refractivity contribution in [2.45, 2.75) is 13.0 Å². The van der Waals surface area contributed by atoms with Gasteiger partial charge >= 0.3 is 5.97 Å². The maximum atomic E-state index is 12.6. The molecule has 10 heteroatoms. The minimum atomic E-state index is -0.985. The second-order valence-electron chi connectivity index (χ2n) is 6.43. The number of halogens is 2. The molecule has 0 saturated carbocycles. The van der Waals surface area contributed by atoms with E-state index in [1.807, 2.05) is 18.2 Å². The van der Waals surface area contributed by atoms with E-state index in [2.05, 4.69) is 15.9 Å². The molecule has 1 aliphatic rings. The molecule has 1 amide bonds. The van der Waals surface area contributed by atoms with Crippen molar-refractivity contribution < 1.29 is 24.2 Å². The Morgan fingerprint density at radius 3 is 2.68 bits per heavy atom. The summed E-state index contributed by atoms with van der Waals surface area (Å²) >= 11 is 15.8. The van der Waals surface area contributed by atoms with Crippen LogP contribution in [0.2, 0.25) is 5.02 Å². The summed E-state index contributed by atoms with van der Waals surface area (Å²) in [6.45, 7) is 0.371. The van der Waals surface area contributed by atoms with Crippen molar-refractivity contribution in [2.24, 2.45) is 0 Å². The van der Waals surface area contributed by atoms with Crippen molar-refractivity contribution in [3.8, 4) is 11.5 Å². The molecule has 3 rings (SSSR count). The van der Waals surface area contributed by atoms with Gasteiger partial charge in [-0.3, -0.25) is 14.5 Å². The number of rotatable bonds is 8. The zero-order valence-corrected chi connectivity index (χ0v) is 20.2. The Morgan fingerprint density at radius 1 is 1.32 bits per heavy atom. The van der Waals surface area contributed by atoms with Crippen LogP contribution < -0.4 is 9.47 Å². The highest BCUT2D eigenvalue weighted by Crippen LogP contribution is 2.39. The smallest absolute Gasteiger partial charge is 0.305 e. The summed E-state index contributed by atoms with van der Waals surface area (Å²) in [6.07, 6.45) is 1.52. The number of carboxylic acids is 1. The average Bonchev–Trinajstić information content (AvgIpc) is 2.99. The van der Waals surface area contributed by atoms with Gasteiger partial charge in [-0.15, -0.1) is 0 Å². The van der Waals surface area contributed by atoms with Crippen molar-refractivity contribution in [2.75, 3.05) is 13.7 Å². The molecule has 1 heterocycles. The Morgan fingerprint density at radius 2 is 2.03 bits per heavy atom. The number of nitrogens with zero attached hydrogens (tertiary/aromatic N) is 1. The third-order valence-electron chi connectivity index (χ3n) is 4.27. The van der Waals surface area contributed by atoms with Gasteiger partial charge in [-0.1, -0.05) is 47.7 Å². The van der Waals surface area contributed by atoms with Crippen LogP contribution in [0.25, 0.3) is 6.08 Å². The van der Waals surface area contributed by atoms with Crippen molar-refractivity contribution >= 4 is 73.8 Å². The van der Waals surface area contributed by atoms with Gasteiger partial charge in [-0.05, 0) is 57.4 Å². The monoisotopic (exact) mass is 541 g/mol. The largest absolute Gasteiger partial charge is 0.493 e. The minimum Gasteiger partial charge on any atom is -0.493 e. The van der Waals surface area contributed by atoms with Gasteiger partial charge in [0.1, 0.15) is 10.9 Å². The lowest BCUT2D eigenvalue weighted by molar-refractivity contribution is -0.137. The van der Waals surface area contributed by atoms with E-state index in [9.17, 15) is 9.59 Å². The molecular formula is C21H17BrClNO5S2. The standard InChI is InChI=1S/C21H17BrClNO5S2/c1-28-16-9-13(10-17-20(27)24(21(30)31-17)7-6-18(25)26)8-15(22)19(16)29-11-12-2-4-14(23)5-3-12/h2-5,8-10H,6-7,11H2,1H3,(H,25,26)/b17-10+. The molecule has 162 valence electrons. The van der Waals surface area contributed by atoms with Gasteiger partial charge in [-0.2, -0.15) is 0 Å². The van der Waals surface area contributed by atoms with E-state index in [0.29, 0.717) is 42.4 Å². The lowest BCUT2D eigenvalue weighted by atomic mass is 10.1.